The first-order chi connectivity index (χ1) is 8.75. The van der Waals surface area contributed by atoms with Crippen LogP contribution in [-0.2, 0) is 0 Å². The molecule has 2 heteroatoms. The Labute approximate surface area is 112 Å². The molecule has 0 unspecified atom stereocenters. The van der Waals surface area contributed by atoms with Crippen molar-refractivity contribution in [1.82, 2.24) is 0 Å². The number of fused-ring (bicyclic) bond motifs is 1. The summed E-state index contributed by atoms with van der Waals surface area (Å²) in [6.45, 7) is 0. The van der Waals surface area contributed by atoms with Crippen LogP contribution in [0, 0.1) is 0 Å². The Morgan fingerprint density at radius 2 is 1.72 bits per heavy atom. The normalized spacial score (nSPS) is 18.3. The van der Waals surface area contributed by atoms with Gasteiger partial charge in [0.15, 0.2) is 0 Å². The van der Waals surface area contributed by atoms with Crippen molar-refractivity contribution >= 4 is 22.5 Å². The number of thioether (sulfide) groups is 1. The summed E-state index contributed by atoms with van der Waals surface area (Å²) in [5.41, 5.74) is -0.420. The summed E-state index contributed by atoms with van der Waals surface area (Å²) >= 11 is 1.78. The van der Waals surface area contributed by atoms with Gasteiger partial charge in [-0.2, -0.15) is 0 Å². The van der Waals surface area contributed by atoms with Gasteiger partial charge >= 0.3 is 0 Å². The highest BCUT2D eigenvalue weighted by Crippen LogP contribution is 2.35. The van der Waals surface area contributed by atoms with E-state index in [4.69, 9.17) is 0 Å². The zero-order valence-electron chi connectivity index (χ0n) is 10.4. The van der Waals surface area contributed by atoms with E-state index in [0.29, 0.717) is 0 Å². The van der Waals surface area contributed by atoms with Crippen molar-refractivity contribution in [1.29, 1.82) is 0 Å². The van der Waals surface area contributed by atoms with Crippen LogP contribution in [0.15, 0.2) is 47.4 Å². The molecule has 1 fully saturated rings. The Hall–Kier alpha value is -0.990. The van der Waals surface area contributed by atoms with Gasteiger partial charge in [-0.05, 0) is 35.7 Å². The number of benzene rings is 2. The van der Waals surface area contributed by atoms with Crippen molar-refractivity contribution in [3.05, 3.63) is 42.5 Å². The largest absolute Gasteiger partial charge is 0.389 e. The van der Waals surface area contributed by atoms with E-state index in [1.165, 1.54) is 28.5 Å². The number of hydrogen-bond donors (Lipinski definition) is 1. The van der Waals surface area contributed by atoms with E-state index in [1.54, 1.807) is 11.8 Å². The molecule has 0 radical (unpaired) electrons. The van der Waals surface area contributed by atoms with Gasteiger partial charge in [0.2, 0.25) is 0 Å². The van der Waals surface area contributed by atoms with E-state index in [2.05, 4.69) is 42.5 Å². The number of rotatable bonds is 3. The summed E-state index contributed by atoms with van der Waals surface area (Å²) in [5, 5.41) is 12.9. The van der Waals surface area contributed by atoms with E-state index in [9.17, 15) is 5.11 Å². The minimum Gasteiger partial charge on any atom is -0.389 e. The second-order valence-corrected chi connectivity index (χ2v) is 6.28. The highest BCUT2D eigenvalue weighted by Gasteiger charge is 2.30. The predicted molar refractivity (Wildman–Crippen MR) is 78.1 cm³/mol. The second-order valence-electron chi connectivity index (χ2n) is 5.23. The van der Waals surface area contributed by atoms with Crippen LogP contribution in [0.3, 0.4) is 0 Å². The van der Waals surface area contributed by atoms with Crippen molar-refractivity contribution in [2.45, 2.75) is 36.2 Å². The minimum atomic E-state index is -0.420. The summed E-state index contributed by atoms with van der Waals surface area (Å²) in [7, 11) is 0. The smallest absolute Gasteiger partial charge is 0.0741 e. The van der Waals surface area contributed by atoms with Crippen molar-refractivity contribution in [2.24, 2.45) is 0 Å². The Kier molecular flexibility index (Phi) is 3.31. The van der Waals surface area contributed by atoms with Crippen molar-refractivity contribution < 1.29 is 5.11 Å². The van der Waals surface area contributed by atoms with Crippen LogP contribution in [0.25, 0.3) is 10.8 Å². The third-order valence-electron chi connectivity index (χ3n) is 3.76. The molecule has 0 amide bonds. The van der Waals surface area contributed by atoms with E-state index in [1.807, 2.05) is 0 Å². The third-order valence-corrected chi connectivity index (χ3v) is 5.03. The first kappa shape index (κ1) is 12.1. The molecule has 94 valence electrons. The molecule has 1 N–H and O–H groups in total. The average Bonchev–Trinajstić information content (AvgIpc) is 2.84. The molecule has 3 rings (SSSR count). The van der Waals surface area contributed by atoms with Gasteiger partial charge in [0.05, 0.1) is 5.60 Å². The van der Waals surface area contributed by atoms with Crippen molar-refractivity contribution in [2.75, 3.05) is 5.75 Å². The zero-order chi connectivity index (χ0) is 12.4. The molecule has 0 heterocycles. The highest BCUT2D eigenvalue weighted by molar-refractivity contribution is 7.99. The lowest BCUT2D eigenvalue weighted by Crippen LogP contribution is -2.26. The van der Waals surface area contributed by atoms with E-state index >= 15 is 0 Å². The quantitative estimate of drug-likeness (QED) is 0.831. The lowest BCUT2D eigenvalue weighted by molar-refractivity contribution is 0.0733. The molecular formula is C16H18OS. The average molecular weight is 258 g/mol. The molecule has 18 heavy (non-hydrogen) atoms. The van der Waals surface area contributed by atoms with E-state index in [-0.39, 0.29) is 0 Å². The van der Waals surface area contributed by atoms with Crippen LogP contribution in [0.2, 0.25) is 0 Å². The highest BCUT2D eigenvalue weighted by atomic mass is 32.2. The van der Waals surface area contributed by atoms with E-state index < -0.39 is 5.60 Å². The van der Waals surface area contributed by atoms with Crippen LogP contribution in [0.1, 0.15) is 25.7 Å². The summed E-state index contributed by atoms with van der Waals surface area (Å²) in [4.78, 5) is 1.26. The SMILES string of the molecule is OC1(CSc2ccc3ccccc3c2)CCCC1. The summed E-state index contributed by atoms with van der Waals surface area (Å²) in [6, 6.07) is 15.0. The predicted octanol–water partition coefficient (Wildman–Crippen LogP) is 4.24. The maximum atomic E-state index is 10.3. The Balaban J connectivity index is 1.74. The van der Waals surface area contributed by atoms with Gasteiger partial charge < -0.3 is 5.11 Å². The van der Waals surface area contributed by atoms with Crippen molar-refractivity contribution in [3.8, 4) is 0 Å². The lowest BCUT2D eigenvalue weighted by atomic mass is 10.1. The van der Waals surface area contributed by atoms with Gasteiger partial charge in [-0.1, -0.05) is 43.2 Å². The van der Waals surface area contributed by atoms with Gasteiger partial charge in [0.1, 0.15) is 0 Å². The number of hydrogen-bond acceptors (Lipinski definition) is 2. The molecule has 1 aliphatic carbocycles. The Morgan fingerprint density at radius 3 is 2.50 bits per heavy atom. The molecule has 1 aliphatic rings. The monoisotopic (exact) mass is 258 g/mol. The Morgan fingerprint density at radius 1 is 1.00 bits per heavy atom. The molecule has 2 aromatic rings. The maximum Gasteiger partial charge on any atom is 0.0741 e. The van der Waals surface area contributed by atoms with Gasteiger partial charge in [-0.15, -0.1) is 11.8 Å². The zero-order valence-corrected chi connectivity index (χ0v) is 11.2. The van der Waals surface area contributed by atoms with Gasteiger partial charge in [0, 0.05) is 10.6 Å². The maximum absolute atomic E-state index is 10.3. The molecule has 0 saturated heterocycles. The fourth-order valence-corrected chi connectivity index (χ4v) is 3.75. The molecule has 0 bridgehead atoms. The minimum absolute atomic E-state index is 0.420. The van der Waals surface area contributed by atoms with Crippen LogP contribution in [0.4, 0.5) is 0 Å². The first-order valence-electron chi connectivity index (χ1n) is 6.59. The topological polar surface area (TPSA) is 20.2 Å². The summed E-state index contributed by atoms with van der Waals surface area (Å²) < 4.78 is 0. The Bertz CT molecular complexity index is 544. The van der Waals surface area contributed by atoms with Gasteiger partial charge in [-0.25, -0.2) is 0 Å². The second kappa shape index (κ2) is 4.94. The molecule has 0 aliphatic heterocycles. The molecule has 0 aromatic heterocycles. The third kappa shape index (κ3) is 2.55. The fraction of sp³-hybridized carbons (Fsp3) is 0.375. The van der Waals surface area contributed by atoms with Crippen LogP contribution in [0.5, 0.6) is 0 Å². The summed E-state index contributed by atoms with van der Waals surface area (Å²) in [6.07, 6.45) is 4.28. The molecular weight excluding hydrogens is 240 g/mol. The molecule has 0 spiro atoms. The summed E-state index contributed by atoms with van der Waals surface area (Å²) in [5.74, 6) is 0.825. The van der Waals surface area contributed by atoms with Crippen LogP contribution < -0.4 is 0 Å². The molecule has 1 saturated carbocycles. The molecule has 0 atom stereocenters. The fourth-order valence-electron chi connectivity index (χ4n) is 2.65. The molecule has 2 aromatic carbocycles. The standard InChI is InChI=1S/C16H18OS/c17-16(9-3-4-10-16)12-18-15-8-7-13-5-1-2-6-14(13)11-15/h1-2,5-8,11,17H,3-4,9-10,12H2. The lowest BCUT2D eigenvalue weighted by Gasteiger charge is -2.21. The van der Waals surface area contributed by atoms with Crippen molar-refractivity contribution in [3.63, 3.8) is 0 Å². The first-order valence-corrected chi connectivity index (χ1v) is 7.58. The molecule has 1 nitrogen and oxygen atoms in total. The van der Waals surface area contributed by atoms with Gasteiger partial charge in [0.25, 0.3) is 0 Å². The van der Waals surface area contributed by atoms with Gasteiger partial charge in [-0.3, -0.25) is 0 Å². The van der Waals surface area contributed by atoms with Crippen LogP contribution in [-0.4, -0.2) is 16.5 Å². The number of aliphatic hydroxyl groups is 1. The van der Waals surface area contributed by atoms with E-state index in [0.717, 1.165) is 18.6 Å². The van der Waals surface area contributed by atoms with Crippen LogP contribution >= 0.6 is 11.8 Å².